The third-order valence-corrected chi connectivity index (χ3v) is 4.98. The average Bonchev–Trinajstić information content (AvgIpc) is 3.37. The van der Waals surface area contributed by atoms with Crippen molar-refractivity contribution in [1.82, 2.24) is 34.8 Å². The number of hydrogen-bond donors (Lipinski definition) is 2. The van der Waals surface area contributed by atoms with Crippen LogP contribution in [0.4, 0.5) is 13.2 Å². The lowest BCUT2D eigenvalue weighted by Crippen LogP contribution is -2.44. The monoisotopic (exact) mass is 407 g/mol. The number of alkyl halides is 3. The van der Waals surface area contributed by atoms with Gasteiger partial charge in [-0.05, 0) is 37.8 Å². The summed E-state index contributed by atoms with van der Waals surface area (Å²) >= 11 is 0. The number of nitrogens with one attached hydrogen (secondary N) is 2. The molecule has 8 nitrogen and oxygen atoms in total. The van der Waals surface area contributed by atoms with Crippen molar-refractivity contribution >= 4 is 11.4 Å². The lowest BCUT2D eigenvalue weighted by atomic mass is 9.91. The molecule has 3 heterocycles. The summed E-state index contributed by atoms with van der Waals surface area (Å²) in [5.41, 5.74) is 0.818. The average molecular weight is 407 g/mol. The maximum atomic E-state index is 12.9. The van der Waals surface area contributed by atoms with E-state index in [-0.39, 0.29) is 23.7 Å². The minimum atomic E-state index is -4.21. The fraction of sp³-hybridized carbons (Fsp3) is 0.444. The summed E-state index contributed by atoms with van der Waals surface area (Å²) in [4.78, 5) is 21.2. The highest BCUT2D eigenvalue weighted by Crippen LogP contribution is 2.21. The van der Waals surface area contributed by atoms with E-state index in [1.807, 2.05) is 0 Å². The van der Waals surface area contributed by atoms with Crippen molar-refractivity contribution in [3.05, 3.63) is 42.7 Å². The zero-order valence-corrected chi connectivity index (χ0v) is 15.4. The molecule has 3 aromatic rings. The zero-order chi connectivity index (χ0) is 20.4. The van der Waals surface area contributed by atoms with Gasteiger partial charge in [0.05, 0.1) is 12.1 Å². The van der Waals surface area contributed by atoms with Crippen molar-refractivity contribution in [2.45, 2.75) is 43.9 Å². The number of aromatic nitrogens is 5. The first-order valence-electron chi connectivity index (χ1n) is 9.34. The fourth-order valence-electron chi connectivity index (χ4n) is 3.53. The molecule has 29 heavy (non-hydrogen) atoms. The van der Waals surface area contributed by atoms with Crippen LogP contribution in [0.25, 0.3) is 11.5 Å². The summed E-state index contributed by atoms with van der Waals surface area (Å²) in [7, 11) is 0. The smallest absolute Gasteiger partial charge is 0.348 e. The lowest BCUT2D eigenvalue weighted by molar-refractivity contribution is -0.126. The molecule has 4 rings (SSSR count). The van der Waals surface area contributed by atoms with E-state index in [2.05, 4.69) is 25.7 Å². The largest absolute Gasteiger partial charge is 0.401 e. The Kier molecular flexibility index (Phi) is 5.22. The number of hydrogen-bond acceptors (Lipinski definition) is 5. The van der Waals surface area contributed by atoms with Gasteiger partial charge >= 0.3 is 6.18 Å². The van der Waals surface area contributed by atoms with Crippen LogP contribution in [0.2, 0.25) is 0 Å². The molecular formula is C18H20F3N7O. The van der Waals surface area contributed by atoms with Crippen molar-refractivity contribution in [2.24, 2.45) is 0 Å². The van der Waals surface area contributed by atoms with Gasteiger partial charge in [-0.2, -0.15) is 13.2 Å². The van der Waals surface area contributed by atoms with Crippen LogP contribution in [0.15, 0.2) is 37.1 Å². The molecule has 0 atom stereocenters. The second-order valence-electron chi connectivity index (χ2n) is 7.09. The SMILES string of the molecule is O=C(NC1CCC(NCC(F)(F)F)CC1)c1nc(-n2ccnc2)nn2cccc12. The Hall–Kier alpha value is -2.95. The third kappa shape index (κ3) is 4.56. The van der Waals surface area contributed by atoms with Crippen LogP contribution in [-0.4, -0.2) is 54.9 Å². The van der Waals surface area contributed by atoms with Crippen LogP contribution in [0, 0.1) is 0 Å². The number of rotatable bonds is 5. The number of amides is 1. The quantitative estimate of drug-likeness (QED) is 0.676. The van der Waals surface area contributed by atoms with Gasteiger partial charge in [0.25, 0.3) is 11.9 Å². The molecule has 1 aliphatic rings. The number of carbonyl (C=O) groups is 1. The second-order valence-corrected chi connectivity index (χ2v) is 7.09. The first kappa shape index (κ1) is 19.4. The molecule has 1 saturated carbocycles. The van der Waals surface area contributed by atoms with Gasteiger partial charge in [0, 0.05) is 30.7 Å². The van der Waals surface area contributed by atoms with E-state index in [4.69, 9.17) is 0 Å². The summed E-state index contributed by atoms with van der Waals surface area (Å²) in [5.74, 6) is -0.0134. The summed E-state index contributed by atoms with van der Waals surface area (Å²) in [6.07, 6.45) is 4.70. The zero-order valence-electron chi connectivity index (χ0n) is 15.4. The Morgan fingerprint density at radius 1 is 1.17 bits per heavy atom. The van der Waals surface area contributed by atoms with Crippen molar-refractivity contribution in [2.75, 3.05) is 6.54 Å². The number of halogens is 3. The van der Waals surface area contributed by atoms with Gasteiger partial charge in [0.1, 0.15) is 6.33 Å². The Labute approximate surface area is 164 Å². The van der Waals surface area contributed by atoms with Gasteiger partial charge in [-0.1, -0.05) is 0 Å². The molecule has 2 N–H and O–H groups in total. The molecule has 1 fully saturated rings. The number of carbonyl (C=O) groups excluding carboxylic acids is 1. The van der Waals surface area contributed by atoms with Gasteiger partial charge in [0.15, 0.2) is 5.69 Å². The first-order chi connectivity index (χ1) is 13.9. The van der Waals surface area contributed by atoms with Crippen molar-refractivity contribution in [1.29, 1.82) is 0 Å². The predicted molar refractivity (Wildman–Crippen MR) is 97.7 cm³/mol. The molecule has 0 bridgehead atoms. The number of imidazole rings is 1. The predicted octanol–water partition coefficient (Wildman–Crippen LogP) is 2.11. The van der Waals surface area contributed by atoms with Crippen molar-refractivity contribution < 1.29 is 18.0 Å². The molecule has 0 radical (unpaired) electrons. The second kappa shape index (κ2) is 7.82. The molecule has 0 spiro atoms. The maximum absolute atomic E-state index is 12.9. The normalized spacial score (nSPS) is 20.1. The molecule has 0 aliphatic heterocycles. The summed E-state index contributed by atoms with van der Waals surface area (Å²) < 4.78 is 40.2. The molecule has 154 valence electrons. The summed E-state index contributed by atoms with van der Waals surface area (Å²) in [6, 6.07) is 3.24. The number of fused-ring (bicyclic) bond motifs is 1. The fourth-order valence-corrected chi connectivity index (χ4v) is 3.53. The van der Waals surface area contributed by atoms with Gasteiger partial charge in [-0.15, -0.1) is 5.10 Å². The standard InChI is InChI=1S/C18H20F3N7O/c19-18(20,21)10-23-12-3-5-13(6-4-12)24-16(29)15-14-2-1-8-28(14)26-17(25-15)27-9-7-22-11-27/h1-2,7-9,11-13,23H,3-6,10H2,(H,24,29). The van der Waals surface area contributed by atoms with E-state index < -0.39 is 12.7 Å². The Balaban J connectivity index is 1.43. The Morgan fingerprint density at radius 2 is 1.93 bits per heavy atom. The van der Waals surface area contributed by atoms with E-state index in [0.29, 0.717) is 37.1 Å². The molecule has 1 amide bonds. The van der Waals surface area contributed by atoms with E-state index >= 15 is 0 Å². The van der Waals surface area contributed by atoms with Gasteiger partial charge < -0.3 is 10.6 Å². The van der Waals surface area contributed by atoms with Gasteiger partial charge in [0.2, 0.25) is 0 Å². The van der Waals surface area contributed by atoms with Crippen LogP contribution >= 0.6 is 0 Å². The minimum Gasteiger partial charge on any atom is -0.348 e. The Bertz CT molecular complexity index is 975. The highest BCUT2D eigenvalue weighted by atomic mass is 19.4. The maximum Gasteiger partial charge on any atom is 0.401 e. The summed E-state index contributed by atoms with van der Waals surface area (Å²) in [5, 5.41) is 9.87. The third-order valence-electron chi connectivity index (χ3n) is 4.98. The topological polar surface area (TPSA) is 89.1 Å². The molecule has 0 aromatic carbocycles. The van der Waals surface area contributed by atoms with E-state index in [1.165, 1.54) is 0 Å². The van der Waals surface area contributed by atoms with E-state index in [9.17, 15) is 18.0 Å². The summed E-state index contributed by atoms with van der Waals surface area (Å²) in [6.45, 7) is -0.987. The lowest BCUT2D eigenvalue weighted by Gasteiger charge is -2.30. The minimum absolute atomic E-state index is 0.104. The van der Waals surface area contributed by atoms with Crippen LogP contribution in [0.1, 0.15) is 36.2 Å². The van der Waals surface area contributed by atoms with Crippen molar-refractivity contribution in [3.8, 4) is 5.95 Å². The molecule has 11 heteroatoms. The van der Waals surface area contributed by atoms with Gasteiger partial charge in [-0.25, -0.2) is 14.5 Å². The van der Waals surface area contributed by atoms with Crippen LogP contribution in [-0.2, 0) is 0 Å². The molecule has 0 unspecified atom stereocenters. The molecular weight excluding hydrogens is 387 g/mol. The van der Waals surface area contributed by atoms with E-state index in [1.54, 1.807) is 46.1 Å². The molecule has 0 saturated heterocycles. The van der Waals surface area contributed by atoms with Crippen LogP contribution < -0.4 is 10.6 Å². The van der Waals surface area contributed by atoms with Crippen molar-refractivity contribution in [3.63, 3.8) is 0 Å². The molecule has 3 aromatic heterocycles. The number of nitrogens with zero attached hydrogens (tertiary/aromatic N) is 5. The molecule has 1 aliphatic carbocycles. The Morgan fingerprint density at radius 3 is 2.62 bits per heavy atom. The first-order valence-corrected chi connectivity index (χ1v) is 9.34. The highest BCUT2D eigenvalue weighted by molar-refractivity contribution is 5.99. The van der Waals surface area contributed by atoms with Gasteiger partial charge in [-0.3, -0.25) is 9.36 Å². The van der Waals surface area contributed by atoms with Crippen LogP contribution in [0.5, 0.6) is 0 Å². The highest BCUT2D eigenvalue weighted by Gasteiger charge is 2.30. The van der Waals surface area contributed by atoms with Crippen LogP contribution in [0.3, 0.4) is 0 Å². The van der Waals surface area contributed by atoms with E-state index in [0.717, 1.165) is 0 Å².